The molecular weight excluding hydrogens is 248 g/mol. The normalized spacial score (nSPS) is 15.2. The van der Waals surface area contributed by atoms with Gasteiger partial charge in [-0.05, 0) is 29.4 Å². The van der Waals surface area contributed by atoms with E-state index in [2.05, 4.69) is 55.7 Å². The average molecular weight is 274 g/mol. The van der Waals surface area contributed by atoms with Crippen molar-refractivity contribution < 1.29 is 4.79 Å². The molecule has 20 heavy (non-hydrogen) atoms. The number of hydrogen-bond donors (Lipinski definition) is 2. The Morgan fingerprint density at radius 2 is 1.85 bits per heavy atom. The second kappa shape index (κ2) is 6.40. The molecular formula is C17H26N2O. The summed E-state index contributed by atoms with van der Waals surface area (Å²) in [4.78, 5) is 11.5. The Bertz CT molecular complexity index is 441. The van der Waals surface area contributed by atoms with E-state index in [0.29, 0.717) is 12.5 Å². The Hall–Kier alpha value is -1.35. The van der Waals surface area contributed by atoms with Crippen LogP contribution in [-0.4, -0.2) is 18.5 Å². The standard InChI is InChI=1S/C17H26N2O/c1-17(2,3)14-6-4-13(5-7-14)12-18-11-10-16(20)19-15-8-9-15/h4-7,15,18H,8-12H2,1-3H3,(H,19,20). The van der Waals surface area contributed by atoms with Crippen LogP contribution in [-0.2, 0) is 16.8 Å². The molecule has 0 unspecified atom stereocenters. The van der Waals surface area contributed by atoms with Gasteiger partial charge < -0.3 is 10.6 Å². The molecule has 1 aromatic carbocycles. The molecule has 1 saturated carbocycles. The molecule has 0 aromatic heterocycles. The van der Waals surface area contributed by atoms with Gasteiger partial charge >= 0.3 is 0 Å². The van der Waals surface area contributed by atoms with Gasteiger partial charge in [-0.25, -0.2) is 0 Å². The molecule has 110 valence electrons. The largest absolute Gasteiger partial charge is 0.353 e. The van der Waals surface area contributed by atoms with E-state index in [4.69, 9.17) is 0 Å². The maximum atomic E-state index is 11.5. The molecule has 1 aliphatic carbocycles. The molecule has 2 N–H and O–H groups in total. The molecule has 0 atom stereocenters. The zero-order valence-corrected chi connectivity index (χ0v) is 12.8. The van der Waals surface area contributed by atoms with E-state index in [-0.39, 0.29) is 11.3 Å². The van der Waals surface area contributed by atoms with E-state index in [9.17, 15) is 4.79 Å². The summed E-state index contributed by atoms with van der Waals surface area (Å²) in [6, 6.07) is 9.18. The molecule has 0 aliphatic heterocycles. The summed E-state index contributed by atoms with van der Waals surface area (Å²) in [6.45, 7) is 8.22. The van der Waals surface area contributed by atoms with Gasteiger partial charge in [-0.1, -0.05) is 45.0 Å². The minimum absolute atomic E-state index is 0.170. The van der Waals surface area contributed by atoms with Gasteiger partial charge in [0.05, 0.1) is 0 Å². The molecule has 0 radical (unpaired) electrons. The summed E-state index contributed by atoms with van der Waals surface area (Å²) in [7, 11) is 0. The van der Waals surface area contributed by atoms with Crippen LogP contribution in [0.5, 0.6) is 0 Å². The summed E-state index contributed by atoms with van der Waals surface area (Å²) in [5, 5.41) is 6.32. The quantitative estimate of drug-likeness (QED) is 0.783. The van der Waals surface area contributed by atoms with Crippen LogP contribution in [0.3, 0.4) is 0 Å². The lowest BCUT2D eigenvalue weighted by Crippen LogP contribution is -2.29. The smallest absolute Gasteiger partial charge is 0.221 e. The molecule has 0 spiro atoms. The minimum atomic E-state index is 0.170. The lowest BCUT2D eigenvalue weighted by atomic mass is 9.87. The highest BCUT2D eigenvalue weighted by atomic mass is 16.1. The number of carbonyl (C=O) groups is 1. The van der Waals surface area contributed by atoms with Crippen molar-refractivity contribution in [1.29, 1.82) is 0 Å². The Kier molecular flexibility index (Phi) is 4.81. The third kappa shape index (κ3) is 4.97. The van der Waals surface area contributed by atoms with Gasteiger partial charge in [-0.3, -0.25) is 4.79 Å². The first kappa shape index (κ1) is 15.0. The minimum Gasteiger partial charge on any atom is -0.353 e. The summed E-state index contributed by atoms with van der Waals surface area (Å²) in [5.74, 6) is 0.170. The van der Waals surface area contributed by atoms with Crippen molar-refractivity contribution in [3.05, 3.63) is 35.4 Å². The van der Waals surface area contributed by atoms with E-state index in [0.717, 1.165) is 25.9 Å². The number of benzene rings is 1. The van der Waals surface area contributed by atoms with Crippen LogP contribution >= 0.6 is 0 Å². The molecule has 1 amide bonds. The lowest BCUT2D eigenvalue weighted by molar-refractivity contribution is -0.121. The van der Waals surface area contributed by atoms with Crippen LogP contribution in [0.25, 0.3) is 0 Å². The van der Waals surface area contributed by atoms with Crippen LogP contribution in [0.1, 0.15) is 51.2 Å². The first-order chi connectivity index (χ1) is 9.45. The van der Waals surface area contributed by atoms with Crippen molar-refractivity contribution in [1.82, 2.24) is 10.6 Å². The third-order valence-electron chi connectivity index (χ3n) is 3.62. The fourth-order valence-corrected chi connectivity index (χ4v) is 2.08. The van der Waals surface area contributed by atoms with Gasteiger partial charge in [0.2, 0.25) is 5.91 Å². The highest BCUT2D eigenvalue weighted by molar-refractivity contribution is 5.76. The second-order valence-corrected chi connectivity index (χ2v) is 6.72. The van der Waals surface area contributed by atoms with E-state index in [1.165, 1.54) is 11.1 Å². The zero-order chi connectivity index (χ0) is 14.6. The van der Waals surface area contributed by atoms with Gasteiger partial charge in [0, 0.05) is 25.6 Å². The summed E-state index contributed by atoms with van der Waals surface area (Å²) >= 11 is 0. The number of nitrogens with one attached hydrogen (secondary N) is 2. The van der Waals surface area contributed by atoms with E-state index in [1.54, 1.807) is 0 Å². The van der Waals surface area contributed by atoms with Crippen LogP contribution in [0.4, 0.5) is 0 Å². The summed E-state index contributed by atoms with van der Waals surface area (Å²) in [5.41, 5.74) is 2.82. The molecule has 1 fully saturated rings. The molecule has 1 aromatic rings. The molecule has 0 saturated heterocycles. The van der Waals surface area contributed by atoms with Crippen molar-refractivity contribution in [3.63, 3.8) is 0 Å². The predicted octanol–water partition coefficient (Wildman–Crippen LogP) is 2.74. The Morgan fingerprint density at radius 1 is 1.20 bits per heavy atom. The Balaban J connectivity index is 1.67. The van der Waals surface area contributed by atoms with E-state index >= 15 is 0 Å². The first-order valence-corrected chi connectivity index (χ1v) is 7.54. The maximum absolute atomic E-state index is 11.5. The Labute approximate surface area is 122 Å². The number of carbonyl (C=O) groups excluding carboxylic acids is 1. The SMILES string of the molecule is CC(C)(C)c1ccc(CNCCC(=O)NC2CC2)cc1. The fourth-order valence-electron chi connectivity index (χ4n) is 2.08. The second-order valence-electron chi connectivity index (χ2n) is 6.72. The van der Waals surface area contributed by atoms with Gasteiger partial charge in [0.1, 0.15) is 0 Å². The molecule has 2 rings (SSSR count). The van der Waals surface area contributed by atoms with Crippen molar-refractivity contribution in [2.24, 2.45) is 0 Å². The maximum Gasteiger partial charge on any atom is 0.221 e. The van der Waals surface area contributed by atoms with Crippen molar-refractivity contribution in [2.75, 3.05) is 6.54 Å². The molecule has 0 heterocycles. The molecule has 0 bridgehead atoms. The third-order valence-corrected chi connectivity index (χ3v) is 3.62. The zero-order valence-electron chi connectivity index (χ0n) is 12.8. The van der Waals surface area contributed by atoms with Gasteiger partial charge in [0.15, 0.2) is 0 Å². The van der Waals surface area contributed by atoms with E-state index < -0.39 is 0 Å². The predicted molar refractivity (Wildman–Crippen MR) is 82.6 cm³/mol. The summed E-state index contributed by atoms with van der Waals surface area (Å²) < 4.78 is 0. The highest BCUT2D eigenvalue weighted by Gasteiger charge is 2.22. The fraction of sp³-hybridized carbons (Fsp3) is 0.588. The topological polar surface area (TPSA) is 41.1 Å². The summed E-state index contributed by atoms with van der Waals surface area (Å²) in [6.07, 6.45) is 2.87. The lowest BCUT2D eigenvalue weighted by Gasteiger charge is -2.19. The average Bonchev–Trinajstić information content (AvgIpc) is 3.18. The van der Waals surface area contributed by atoms with Crippen LogP contribution in [0.2, 0.25) is 0 Å². The monoisotopic (exact) mass is 274 g/mol. The van der Waals surface area contributed by atoms with Crippen molar-refractivity contribution >= 4 is 5.91 Å². The molecule has 3 nitrogen and oxygen atoms in total. The highest BCUT2D eigenvalue weighted by Crippen LogP contribution is 2.22. The van der Waals surface area contributed by atoms with Crippen LogP contribution in [0.15, 0.2) is 24.3 Å². The van der Waals surface area contributed by atoms with Crippen molar-refractivity contribution in [2.45, 2.75) is 58.0 Å². The number of amides is 1. The molecule has 1 aliphatic rings. The Morgan fingerprint density at radius 3 is 2.40 bits per heavy atom. The van der Waals surface area contributed by atoms with Gasteiger partial charge in [-0.2, -0.15) is 0 Å². The van der Waals surface area contributed by atoms with Crippen molar-refractivity contribution in [3.8, 4) is 0 Å². The number of hydrogen-bond acceptors (Lipinski definition) is 2. The number of rotatable bonds is 6. The van der Waals surface area contributed by atoms with E-state index in [1.807, 2.05) is 0 Å². The van der Waals surface area contributed by atoms with Crippen LogP contribution in [0, 0.1) is 0 Å². The molecule has 3 heteroatoms. The first-order valence-electron chi connectivity index (χ1n) is 7.54. The van der Waals surface area contributed by atoms with Gasteiger partial charge in [-0.15, -0.1) is 0 Å². The van der Waals surface area contributed by atoms with Gasteiger partial charge in [0.25, 0.3) is 0 Å². The van der Waals surface area contributed by atoms with Crippen LogP contribution < -0.4 is 10.6 Å².